The molecular weight excluding hydrogens is 318 g/mol. The number of hydrogen-bond donors (Lipinski definition) is 1. The normalized spacial score (nSPS) is 21.4. The van der Waals surface area contributed by atoms with Crippen molar-refractivity contribution in [2.75, 3.05) is 26.8 Å². The molecule has 23 heavy (non-hydrogen) atoms. The standard InChI is InChI=1S/C17H24ClNO4/c1-4-7-23-15-13(18)8-12(9-14(15)22-3)10-19-6-5-17(2,11-19)16(20)21/h8-9H,4-7,10-11H2,1-3H3,(H,20,21). The molecule has 6 heteroatoms. The molecule has 128 valence electrons. The van der Waals surface area contributed by atoms with Gasteiger partial charge >= 0.3 is 5.97 Å². The number of methoxy groups -OCH3 is 1. The maximum absolute atomic E-state index is 11.3. The molecule has 0 amide bonds. The van der Waals surface area contributed by atoms with Crippen LogP contribution in [-0.4, -0.2) is 42.8 Å². The number of ether oxygens (including phenoxy) is 2. The fourth-order valence-corrected chi connectivity index (χ4v) is 3.12. The van der Waals surface area contributed by atoms with E-state index in [1.807, 2.05) is 19.1 Å². The highest BCUT2D eigenvalue weighted by atomic mass is 35.5. The van der Waals surface area contributed by atoms with Gasteiger partial charge in [0.25, 0.3) is 0 Å². The van der Waals surface area contributed by atoms with Gasteiger partial charge in [-0.25, -0.2) is 0 Å². The van der Waals surface area contributed by atoms with E-state index < -0.39 is 11.4 Å². The summed E-state index contributed by atoms with van der Waals surface area (Å²) >= 11 is 6.32. The number of carboxylic acids is 1. The van der Waals surface area contributed by atoms with Crippen LogP contribution in [0.15, 0.2) is 12.1 Å². The molecule has 1 saturated heterocycles. The largest absolute Gasteiger partial charge is 0.493 e. The van der Waals surface area contributed by atoms with Gasteiger partial charge in [-0.1, -0.05) is 18.5 Å². The fourth-order valence-electron chi connectivity index (χ4n) is 2.83. The van der Waals surface area contributed by atoms with E-state index >= 15 is 0 Å². The number of aliphatic carboxylic acids is 1. The summed E-state index contributed by atoms with van der Waals surface area (Å²) in [5.74, 6) is 0.441. The highest BCUT2D eigenvalue weighted by molar-refractivity contribution is 6.32. The van der Waals surface area contributed by atoms with Gasteiger partial charge in [0.05, 0.1) is 24.2 Å². The third-order valence-corrected chi connectivity index (χ3v) is 4.50. The molecule has 1 heterocycles. The van der Waals surface area contributed by atoms with Crippen LogP contribution < -0.4 is 9.47 Å². The molecule has 1 unspecified atom stereocenters. The first-order valence-electron chi connectivity index (χ1n) is 7.84. The SMILES string of the molecule is CCCOc1c(Cl)cc(CN2CCC(C)(C(=O)O)C2)cc1OC. The molecule has 1 atom stereocenters. The second-order valence-electron chi connectivity index (χ2n) is 6.28. The van der Waals surface area contributed by atoms with Crippen molar-refractivity contribution in [2.24, 2.45) is 5.41 Å². The highest BCUT2D eigenvalue weighted by Gasteiger charge is 2.40. The lowest BCUT2D eigenvalue weighted by molar-refractivity contribution is -0.147. The van der Waals surface area contributed by atoms with Crippen molar-refractivity contribution >= 4 is 17.6 Å². The molecule has 2 rings (SSSR count). The molecule has 0 spiro atoms. The number of hydrogen-bond acceptors (Lipinski definition) is 4. The van der Waals surface area contributed by atoms with Crippen molar-refractivity contribution in [3.05, 3.63) is 22.7 Å². The second kappa shape index (κ2) is 7.41. The van der Waals surface area contributed by atoms with Crippen LogP contribution in [-0.2, 0) is 11.3 Å². The lowest BCUT2D eigenvalue weighted by Gasteiger charge is -2.21. The van der Waals surface area contributed by atoms with Crippen molar-refractivity contribution in [3.63, 3.8) is 0 Å². The third-order valence-electron chi connectivity index (χ3n) is 4.21. The van der Waals surface area contributed by atoms with Crippen LogP contribution in [0, 0.1) is 5.41 Å². The maximum atomic E-state index is 11.3. The van der Waals surface area contributed by atoms with E-state index in [0.717, 1.165) is 18.5 Å². The van der Waals surface area contributed by atoms with Gasteiger partial charge < -0.3 is 14.6 Å². The number of nitrogens with zero attached hydrogens (tertiary/aromatic N) is 1. The number of rotatable bonds is 7. The van der Waals surface area contributed by atoms with Gasteiger partial charge in [-0.3, -0.25) is 9.69 Å². The summed E-state index contributed by atoms with van der Waals surface area (Å²) in [5.41, 5.74) is 0.322. The Kier molecular flexibility index (Phi) is 5.76. The van der Waals surface area contributed by atoms with E-state index in [0.29, 0.717) is 42.6 Å². The third kappa shape index (κ3) is 4.09. The van der Waals surface area contributed by atoms with Gasteiger partial charge in [-0.05, 0) is 44.0 Å². The van der Waals surface area contributed by atoms with Crippen LogP contribution in [0.1, 0.15) is 32.3 Å². The van der Waals surface area contributed by atoms with Crippen molar-refractivity contribution < 1.29 is 19.4 Å². The summed E-state index contributed by atoms with van der Waals surface area (Å²) in [5, 5.41) is 9.84. The molecule has 0 radical (unpaired) electrons. The van der Waals surface area contributed by atoms with Gasteiger partial charge in [-0.2, -0.15) is 0 Å². The average molecular weight is 342 g/mol. The number of benzene rings is 1. The number of halogens is 1. The molecular formula is C17H24ClNO4. The van der Waals surface area contributed by atoms with Gasteiger partial charge in [0.1, 0.15) is 0 Å². The van der Waals surface area contributed by atoms with Crippen LogP contribution in [0.2, 0.25) is 5.02 Å². The minimum absolute atomic E-state index is 0.521. The van der Waals surface area contributed by atoms with Crippen LogP contribution in [0.25, 0.3) is 0 Å². The van der Waals surface area contributed by atoms with Crippen molar-refractivity contribution in [1.82, 2.24) is 4.90 Å². The quantitative estimate of drug-likeness (QED) is 0.823. The molecule has 1 aliphatic heterocycles. The van der Waals surface area contributed by atoms with E-state index in [2.05, 4.69) is 4.90 Å². The number of likely N-dealkylation sites (tertiary alicyclic amines) is 1. The van der Waals surface area contributed by atoms with Gasteiger partial charge in [0.15, 0.2) is 11.5 Å². The summed E-state index contributed by atoms with van der Waals surface area (Å²) < 4.78 is 11.0. The minimum Gasteiger partial charge on any atom is -0.493 e. The van der Waals surface area contributed by atoms with E-state index in [1.54, 1.807) is 14.0 Å². The fraction of sp³-hybridized carbons (Fsp3) is 0.588. The zero-order valence-electron chi connectivity index (χ0n) is 13.9. The first-order valence-corrected chi connectivity index (χ1v) is 8.22. The molecule has 0 saturated carbocycles. The van der Waals surface area contributed by atoms with E-state index in [-0.39, 0.29) is 0 Å². The molecule has 0 aliphatic carbocycles. The van der Waals surface area contributed by atoms with Crippen LogP contribution in [0.4, 0.5) is 0 Å². The Labute approximate surface area is 142 Å². The summed E-state index contributed by atoms with van der Waals surface area (Å²) in [7, 11) is 1.59. The Morgan fingerprint density at radius 2 is 2.22 bits per heavy atom. The summed E-state index contributed by atoms with van der Waals surface area (Å²) in [6.07, 6.45) is 1.55. The summed E-state index contributed by atoms with van der Waals surface area (Å²) in [6.45, 7) is 6.35. The molecule has 1 N–H and O–H groups in total. The maximum Gasteiger partial charge on any atom is 0.310 e. The smallest absolute Gasteiger partial charge is 0.310 e. The predicted molar refractivity (Wildman–Crippen MR) is 89.4 cm³/mol. The Morgan fingerprint density at radius 3 is 2.78 bits per heavy atom. The van der Waals surface area contributed by atoms with Crippen LogP contribution >= 0.6 is 11.6 Å². The van der Waals surface area contributed by atoms with Crippen molar-refractivity contribution in [1.29, 1.82) is 0 Å². The van der Waals surface area contributed by atoms with Crippen molar-refractivity contribution in [2.45, 2.75) is 33.2 Å². The molecule has 0 aromatic heterocycles. The number of carboxylic acid groups (broad SMARTS) is 1. The zero-order chi connectivity index (χ0) is 17.0. The van der Waals surface area contributed by atoms with Gasteiger partial charge in [0.2, 0.25) is 0 Å². The predicted octanol–water partition coefficient (Wildman–Crippen LogP) is 3.43. The molecule has 1 aromatic carbocycles. The Bertz CT molecular complexity index is 578. The molecule has 1 aromatic rings. The van der Waals surface area contributed by atoms with Crippen molar-refractivity contribution in [3.8, 4) is 11.5 Å². The lowest BCUT2D eigenvalue weighted by atomic mass is 9.90. The molecule has 1 aliphatic rings. The number of carbonyl (C=O) groups is 1. The zero-order valence-corrected chi connectivity index (χ0v) is 14.7. The second-order valence-corrected chi connectivity index (χ2v) is 6.69. The minimum atomic E-state index is -0.737. The topological polar surface area (TPSA) is 59.0 Å². The summed E-state index contributed by atoms with van der Waals surface area (Å²) in [4.78, 5) is 13.5. The Balaban J connectivity index is 2.12. The highest BCUT2D eigenvalue weighted by Crippen LogP contribution is 2.38. The lowest BCUT2D eigenvalue weighted by Crippen LogP contribution is -2.31. The van der Waals surface area contributed by atoms with Gasteiger partial charge in [0, 0.05) is 13.1 Å². The first kappa shape index (κ1) is 17.9. The first-order chi connectivity index (χ1) is 10.9. The monoisotopic (exact) mass is 341 g/mol. The van der Waals surface area contributed by atoms with Crippen LogP contribution in [0.3, 0.4) is 0 Å². The Morgan fingerprint density at radius 1 is 1.48 bits per heavy atom. The average Bonchev–Trinajstić information content (AvgIpc) is 2.88. The van der Waals surface area contributed by atoms with Gasteiger partial charge in [-0.15, -0.1) is 0 Å². The molecule has 1 fully saturated rings. The van der Waals surface area contributed by atoms with E-state index in [1.165, 1.54) is 0 Å². The van der Waals surface area contributed by atoms with Crippen LogP contribution in [0.5, 0.6) is 11.5 Å². The molecule has 5 nitrogen and oxygen atoms in total. The van der Waals surface area contributed by atoms with E-state index in [4.69, 9.17) is 21.1 Å². The van der Waals surface area contributed by atoms with E-state index in [9.17, 15) is 9.90 Å². The Hall–Kier alpha value is -1.46. The summed E-state index contributed by atoms with van der Waals surface area (Å²) in [6, 6.07) is 3.78. The molecule has 0 bridgehead atoms.